The summed E-state index contributed by atoms with van der Waals surface area (Å²) < 4.78 is 0. The van der Waals surface area contributed by atoms with Crippen LogP contribution in [-0.4, -0.2) is 29.5 Å². The third kappa shape index (κ3) is 5.95. The van der Waals surface area contributed by atoms with E-state index in [9.17, 15) is 0 Å². The standard InChI is InChI=1S/C23H39N2P/c1-19(2)25-23(24-18-20-12-6-3-7-13-20)26(21-14-8-4-9-15-21)22-16-10-5-11-17-22/h3,6-7,12,19-22H,4-5,8-11,13-18H2,1-2H3,(H,24,25). The molecule has 1 unspecified atom stereocenters. The van der Waals surface area contributed by atoms with E-state index in [1.807, 2.05) is 0 Å². The molecule has 3 rings (SSSR count). The zero-order valence-corrected chi connectivity index (χ0v) is 17.9. The Bertz CT molecular complexity index is 478. The molecule has 0 amide bonds. The third-order valence-electron chi connectivity index (χ3n) is 6.15. The Morgan fingerprint density at radius 1 is 0.962 bits per heavy atom. The smallest absolute Gasteiger partial charge is 0.120 e. The largest absolute Gasteiger partial charge is 0.370 e. The van der Waals surface area contributed by atoms with E-state index in [0.29, 0.717) is 12.0 Å². The molecule has 0 heterocycles. The summed E-state index contributed by atoms with van der Waals surface area (Å²) in [6.07, 6.45) is 24.7. The van der Waals surface area contributed by atoms with Crippen LogP contribution in [0, 0.1) is 5.92 Å². The van der Waals surface area contributed by atoms with Gasteiger partial charge in [-0.3, -0.25) is 4.99 Å². The predicted molar refractivity (Wildman–Crippen MR) is 118 cm³/mol. The van der Waals surface area contributed by atoms with Crippen molar-refractivity contribution in [3.63, 3.8) is 0 Å². The highest BCUT2D eigenvalue weighted by Gasteiger charge is 2.35. The maximum absolute atomic E-state index is 5.20. The monoisotopic (exact) mass is 374 g/mol. The van der Waals surface area contributed by atoms with Crippen molar-refractivity contribution in [2.75, 3.05) is 6.54 Å². The summed E-state index contributed by atoms with van der Waals surface area (Å²) in [4.78, 5) is 5.20. The van der Waals surface area contributed by atoms with Crippen LogP contribution in [-0.2, 0) is 0 Å². The molecule has 0 aliphatic heterocycles. The second-order valence-electron chi connectivity index (χ2n) is 8.73. The lowest BCUT2D eigenvalue weighted by Gasteiger charge is -2.39. The number of aliphatic imine (C=N–C) groups is 1. The Morgan fingerprint density at radius 3 is 2.08 bits per heavy atom. The summed E-state index contributed by atoms with van der Waals surface area (Å²) in [5.41, 5.74) is 3.28. The molecular weight excluding hydrogens is 335 g/mol. The number of rotatable bonds is 6. The van der Waals surface area contributed by atoms with E-state index in [0.717, 1.165) is 17.9 Å². The summed E-state index contributed by atoms with van der Waals surface area (Å²) in [5.74, 6) is 0.631. The Labute approximate surface area is 162 Å². The Morgan fingerprint density at radius 2 is 1.58 bits per heavy atom. The minimum absolute atomic E-state index is 0.123. The van der Waals surface area contributed by atoms with Gasteiger partial charge in [0.1, 0.15) is 5.58 Å². The lowest BCUT2D eigenvalue weighted by molar-refractivity contribution is 0.487. The summed E-state index contributed by atoms with van der Waals surface area (Å²) in [6.45, 7) is 5.56. The van der Waals surface area contributed by atoms with Crippen LogP contribution >= 0.6 is 7.92 Å². The van der Waals surface area contributed by atoms with E-state index in [-0.39, 0.29) is 7.92 Å². The molecule has 146 valence electrons. The summed E-state index contributed by atoms with van der Waals surface area (Å²) in [6, 6.07) is 0.400. The lowest BCUT2D eigenvalue weighted by atomic mass is 9.99. The molecule has 0 aromatic heterocycles. The minimum Gasteiger partial charge on any atom is -0.370 e. The summed E-state index contributed by atoms with van der Waals surface area (Å²) >= 11 is 0. The van der Waals surface area contributed by atoms with Gasteiger partial charge in [0, 0.05) is 12.6 Å². The predicted octanol–water partition coefficient (Wildman–Crippen LogP) is 6.62. The van der Waals surface area contributed by atoms with Gasteiger partial charge in [0.25, 0.3) is 0 Å². The summed E-state index contributed by atoms with van der Waals surface area (Å²) in [5, 5.41) is 3.91. The maximum atomic E-state index is 5.20. The molecule has 1 atom stereocenters. The van der Waals surface area contributed by atoms with Crippen LogP contribution in [0.3, 0.4) is 0 Å². The van der Waals surface area contributed by atoms with Crippen molar-refractivity contribution in [3.05, 3.63) is 24.3 Å². The second-order valence-corrected chi connectivity index (χ2v) is 11.4. The summed E-state index contributed by atoms with van der Waals surface area (Å²) in [7, 11) is -0.123. The van der Waals surface area contributed by atoms with Crippen LogP contribution in [0.1, 0.15) is 84.5 Å². The van der Waals surface area contributed by atoms with Gasteiger partial charge in [-0.15, -0.1) is 0 Å². The Kier molecular flexibility index (Phi) is 8.24. The van der Waals surface area contributed by atoms with Crippen LogP contribution in [0.15, 0.2) is 29.3 Å². The van der Waals surface area contributed by atoms with Gasteiger partial charge >= 0.3 is 0 Å². The minimum atomic E-state index is -0.123. The fraction of sp³-hybridized carbons (Fsp3) is 0.783. The quantitative estimate of drug-likeness (QED) is 0.315. The number of nitrogens with zero attached hydrogens (tertiary/aromatic N) is 1. The second kappa shape index (κ2) is 10.6. The van der Waals surface area contributed by atoms with E-state index in [1.165, 1.54) is 76.2 Å². The van der Waals surface area contributed by atoms with Crippen molar-refractivity contribution in [2.24, 2.45) is 10.9 Å². The molecule has 0 saturated heterocycles. The first-order valence-corrected chi connectivity index (χ1v) is 12.7. The molecule has 0 radical (unpaired) electrons. The molecule has 3 heteroatoms. The Balaban J connectivity index is 1.75. The number of amidine groups is 1. The van der Waals surface area contributed by atoms with Gasteiger partial charge in [0.2, 0.25) is 0 Å². The van der Waals surface area contributed by atoms with Crippen LogP contribution in [0.25, 0.3) is 0 Å². The first-order chi connectivity index (χ1) is 12.7. The van der Waals surface area contributed by atoms with Crippen molar-refractivity contribution < 1.29 is 0 Å². The molecular formula is C23H39N2P. The highest BCUT2D eigenvalue weighted by Crippen LogP contribution is 2.56. The fourth-order valence-corrected chi connectivity index (χ4v) is 8.59. The molecule has 2 fully saturated rings. The molecule has 3 aliphatic rings. The number of allylic oxidation sites excluding steroid dienone is 3. The molecule has 0 bridgehead atoms. The Hall–Kier alpha value is -0.620. The average molecular weight is 375 g/mol. The molecule has 0 aromatic rings. The highest BCUT2D eigenvalue weighted by molar-refractivity contribution is 7.76. The zero-order valence-electron chi connectivity index (χ0n) is 17.0. The molecule has 0 aromatic carbocycles. The van der Waals surface area contributed by atoms with E-state index >= 15 is 0 Å². The number of nitrogens with one attached hydrogen (secondary N) is 1. The molecule has 1 N–H and O–H groups in total. The van der Waals surface area contributed by atoms with Gasteiger partial charge in [-0.25, -0.2) is 0 Å². The van der Waals surface area contributed by atoms with E-state index in [2.05, 4.69) is 43.5 Å². The van der Waals surface area contributed by atoms with Crippen molar-refractivity contribution in [1.82, 2.24) is 5.32 Å². The van der Waals surface area contributed by atoms with Gasteiger partial charge in [-0.05, 0) is 71.1 Å². The molecule has 3 aliphatic carbocycles. The highest BCUT2D eigenvalue weighted by atomic mass is 31.1. The molecule has 2 nitrogen and oxygen atoms in total. The van der Waals surface area contributed by atoms with Gasteiger partial charge in [-0.2, -0.15) is 0 Å². The van der Waals surface area contributed by atoms with Crippen molar-refractivity contribution in [3.8, 4) is 0 Å². The van der Waals surface area contributed by atoms with Crippen LogP contribution in [0.5, 0.6) is 0 Å². The van der Waals surface area contributed by atoms with Gasteiger partial charge < -0.3 is 5.32 Å². The van der Waals surface area contributed by atoms with Gasteiger partial charge in [-0.1, -0.05) is 62.8 Å². The first kappa shape index (κ1) is 20.1. The molecule has 26 heavy (non-hydrogen) atoms. The van der Waals surface area contributed by atoms with Crippen molar-refractivity contribution >= 4 is 13.5 Å². The zero-order chi connectivity index (χ0) is 18.2. The van der Waals surface area contributed by atoms with Gasteiger partial charge in [0.15, 0.2) is 0 Å². The van der Waals surface area contributed by atoms with Crippen LogP contribution < -0.4 is 5.32 Å². The fourth-order valence-electron chi connectivity index (χ4n) is 4.82. The lowest BCUT2D eigenvalue weighted by Crippen LogP contribution is -2.35. The SMILES string of the molecule is CC(C)/N=C(/NCC1C=CC=CC1)P(C1CCCCC1)C1CCCCC1. The van der Waals surface area contributed by atoms with E-state index in [4.69, 9.17) is 4.99 Å². The topological polar surface area (TPSA) is 24.4 Å². The van der Waals surface area contributed by atoms with Crippen LogP contribution in [0.4, 0.5) is 0 Å². The molecule has 2 saturated carbocycles. The van der Waals surface area contributed by atoms with E-state index < -0.39 is 0 Å². The molecule has 0 spiro atoms. The van der Waals surface area contributed by atoms with Crippen molar-refractivity contribution in [1.29, 1.82) is 0 Å². The average Bonchev–Trinajstić information content (AvgIpc) is 2.68. The number of hydrogen-bond acceptors (Lipinski definition) is 1. The number of hydrogen-bond donors (Lipinski definition) is 1. The van der Waals surface area contributed by atoms with Crippen molar-refractivity contribution in [2.45, 2.75) is 102 Å². The van der Waals surface area contributed by atoms with E-state index in [1.54, 1.807) is 0 Å². The normalized spacial score (nSPS) is 26.0. The maximum Gasteiger partial charge on any atom is 0.120 e. The first-order valence-electron chi connectivity index (χ1n) is 11.2. The van der Waals surface area contributed by atoms with Gasteiger partial charge in [0.05, 0.1) is 0 Å². The van der Waals surface area contributed by atoms with Crippen LogP contribution in [0.2, 0.25) is 0 Å². The third-order valence-corrected chi connectivity index (χ3v) is 9.52.